The monoisotopic (exact) mass is 310 g/mol. The Bertz CT molecular complexity index is 640. The van der Waals surface area contributed by atoms with Crippen LogP contribution in [0.3, 0.4) is 0 Å². The molecule has 1 aromatic carbocycles. The second kappa shape index (κ2) is 6.05. The van der Waals surface area contributed by atoms with E-state index in [-0.39, 0.29) is 11.9 Å². The Morgan fingerprint density at radius 1 is 1.33 bits per heavy atom. The Balaban J connectivity index is 2.27. The molecule has 1 N–H and O–H groups in total. The van der Waals surface area contributed by atoms with Crippen molar-refractivity contribution < 1.29 is 13.2 Å². The number of nitrogens with zero attached hydrogens (tertiary/aromatic N) is 1. The van der Waals surface area contributed by atoms with Gasteiger partial charge in [-0.25, -0.2) is 8.42 Å². The van der Waals surface area contributed by atoms with Crippen molar-refractivity contribution in [1.82, 2.24) is 4.90 Å². The van der Waals surface area contributed by atoms with E-state index in [0.717, 1.165) is 37.6 Å². The van der Waals surface area contributed by atoms with Gasteiger partial charge in [-0.2, -0.15) is 0 Å². The van der Waals surface area contributed by atoms with Crippen LogP contribution in [0.4, 0.5) is 5.69 Å². The molecule has 21 heavy (non-hydrogen) atoms. The van der Waals surface area contributed by atoms with E-state index in [2.05, 4.69) is 11.6 Å². The first kappa shape index (κ1) is 15.8. The molecule has 1 aliphatic heterocycles. The Hall–Kier alpha value is -1.56. The Morgan fingerprint density at radius 3 is 2.67 bits per heavy atom. The minimum atomic E-state index is -3.35. The number of carbonyl (C=O) groups excluding carboxylic acids is 1. The second-order valence-corrected chi connectivity index (χ2v) is 7.50. The van der Waals surface area contributed by atoms with Gasteiger partial charge < -0.3 is 4.90 Å². The highest BCUT2D eigenvalue weighted by molar-refractivity contribution is 7.92. The fourth-order valence-electron chi connectivity index (χ4n) is 2.63. The minimum Gasteiger partial charge on any atom is -0.336 e. The van der Waals surface area contributed by atoms with Crippen molar-refractivity contribution in [1.29, 1.82) is 0 Å². The predicted molar refractivity (Wildman–Crippen MR) is 84.0 cm³/mol. The summed E-state index contributed by atoms with van der Waals surface area (Å²) in [6.07, 6.45) is 4.30. The molecular weight excluding hydrogens is 288 g/mol. The summed E-state index contributed by atoms with van der Waals surface area (Å²) < 4.78 is 25.2. The van der Waals surface area contributed by atoms with Gasteiger partial charge in [0, 0.05) is 18.2 Å². The SMILES string of the molecule is Cc1ccc(C(=O)N2CCCCC2C)cc1NS(C)(=O)=O. The van der Waals surface area contributed by atoms with Crippen LogP contribution in [0.5, 0.6) is 0 Å². The van der Waals surface area contributed by atoms with Crippen molar-refractivity contribution in [3.8, 4) is 0 Å². The number of benzene rings is 1. The van der Waals surface area contributed by atoms with Crippen molar-refractivity contribution in [2.45, 2.75) is 39.2 Å². The van der Waals surface area contributed by atoms with Crippen molar-refractivity contribution in [3.63, 3.8) is 0 Å². The van der Waals surface area contributed by atoms with E-state index in [9.17, 15) is 13.2 Å². The largest absolute Gasteiger partial charge is 0.336 e. The number of aryl methyl sites for hydroxylation is 1. The molecule has 116 valence electrons. The molecule has 0 bridgehead atoms. The van der Waals surface area contributed by atoms with Gasteiger partial charge in [0.25, 0.3) is 5.91 Å². The molecule has 5 nitrogen and oxygen atoms in total. The van der Waals surface area contributed by atoms with E-state index in [1.54, 1.807) is 18.2 Å². The number of likely N-dealkylation sites (tertiary alicyclic amines) is 1. The van der Waals surface area contributed by atoms with Gasteiger partial charge in [0.1, 0.15) is 0 Å². The number of hydrogen-bond acceptors (Lipinski definition) is 3. The molecule has 2 rings (SSSR count). The standard InChI is InChI=1S/C15H22N2O3S/c1-11-7-8-13(10-14(11)16-21(3,19)20)15(18)17-9-5-4-6-12(17)2/h7-8,10,12,16H,4-6,9H2,1-3H3. The highest BCUT2D eigenvalue weighted by Crippen LogP contribution is 2.23. The smallest absolute Gasteiger partial charge is 0.254 e. The number of carbonyl (C=O) groups is 1. The zero-order valence-electron chi connectivity index (χ0n) is 12.7. The molecule has 0 aliphatic carbocycles. The normalized spacial score (nSPS) is 19.4. The van der Waals surface area contributed by atoms with Gasteiger partial charge in [0.15, 0.2) is 0 Å². The maximum Gasteiger partial charge on any atom is 0.254 e. The summed E-state index contributed by atoms with van der Waals surface area (Å²) in [4.78, 5) is 14.5. The molecule has 1 saturated heterocycles. The van der Waals surface area contributed by atoms with Crippen LogP contribution in [0.15, 0.2) is 18.2 Å². The Kier molecular flexibility index (Phi) is 4.56. The summed E-state index contributed by atoms with van der Waals surface area (Å²) in [6, 6.07) is 5.39. The zero-order valence-corrected chi connectivity index (χ0v) is 13.5. The number of rotatable bonds is 3. The number of nitrogens with one attached hydrogen (secondary N) is 1. The second-order valence-electron chi connectivity index (χ2n) is 5.75. The molecule has 0 spiro atoms. The summed E-state index contributed by atoms with van der Waals surface area (Å²) in [5.41, 5.74) is 1.79. The first-order valence-electron chi connectivity index (χ1n) is 7.17. The molecule has 0 saturated carbocycles. The number of sulfonamides is 1. The highest BCUT2D eigenvalue weighted by atomic mass is 32.2. The van der Waals surface area contributed by atoms with Gasteiger partial charge in [-0.05, 0) is 50.8 Å². The Labute approximate surface area is 126 Å². The van der Waals surface area contributed by atoms with E-state index in [1.807, 2.05) is 11.8 Å². The van der Waals surface area contributed by atoms with Gasteiger partial charge in [-0.15, -0.1) is 0 Å². The van der Waals surface area contributed by atoms with Crippen LogP contribution in [0.25, 0.3) is 0 Å². The molecule has 1 amide bonds. The first-order valence-corrected chi connectivity index (χ1v) is 9.06. The average Bonchev–Trinajstić information content (AvgIpc) is 2.39. The van der Waals surface area contributed by atoms with Gasteiger partial charge in [0.05, 0.1) is 11.9 Å². The third-order valence-corrected chi connectivity index (χ3v) is 4.43. The summed E-state index contributed by atoms with van der Waals surface area (Å²) in [5, 5.41) is 0. The molecule has 6 heteroatoms. The van der Waals surface area contributed by atoms with Crippen LogP contribution in [-0.2, 0) is 10.0 Å². The Morgan fingerprint density at radius 2 is 2.05 bits per heavy atom. The molecule has 1 atom stereocenters. The molecule has 1 aliphatic rings. The van der Waals surface area contributed by atoms with E-state index < -0.39 is 10.0 Å². The zero-order chi connectivity index (χ0) is 15.6. The van der Waals surface area contributed by atoms with E-state index in [1.165, 1.54) is 0 Å². The average molecular weight is 310 g/mol. The van der Waals surface area contributed by atoms with Gasteiger partial charge >= 0.3 is 0 Å². The van der Waals surface area contributed by atoms with Crippen molar-refractivity contribution in [2.24, 2.45) is 0 Å². The fraction of sp³-hybridized carbons (Fsp3) is 0.533. The number of anilines is 1. The maximum atomic E-state index is 12.6. The number of hydrogen-bond donors (Lipinski definition) is 1. The number of piperidine rings is 1. The summed E-state index contributed by atoms with van der Waals surface area (Å²) in [6.45, 7) is 4.63. The van der Waals surface area contributed by atoms with Crippen LogP contribution in [0.1, 0.15) is 42.1 Å². The summed E-state index contributed by atoms with van der Waals surface area (Å²) in [5.74, 6) is -0.0289. The van der Waals surface area contributed by atoms with Crippen molar-refractivity contribution in [2.75, 3.05) is 17.5 Å². The van der Waals surface area contributed by atoms with Crippen molar-refractivity contribution >= 4 is 21.6 Å². The van der Waals surface area contributed by atoms with Gasteiger partial charge in [-0.3, -0.25) is 9.52 Å². The van der Waals surface area contributed by atoms with Crippen LogP contribution in [-0.4, -0.2) is 38.1 Å². The quantitative estimate of drug-likeness (QED) is 0.932. The lowest BCUT2D eigenvalue weighted by Gasteiger charge is -2.33. The molecule has 0 radical (unpaired) electrons. The van der Waals surface area contributed by atoms with Crippen LogP contribution >= 0.6 is 0 Å². The van der Waals surface area contributed by atoms with Crippen LogP contribution in [0, 0.1) is 6.92 Å². The lowest BCUT2D eigenvalue weighted by molar-refractivity contribution is 0.0635. The van der Waals surface area contributed by atoms with Gasteiger partial charge in [-0.1, -0.05) is 6.07 Å². The predicted octanol–water partition coefficient (Wildman–Crippen LogP) is 2.38. The molecular formula is C15H22N2O3S. The molecule has 0 aromatic heterocycles. The summed E-state index contributed by atoms with van der Waals surface area (Å²) in [7, 11) is -3.35. The van der Waals surface area contributed by atoms with Crippen LogP contribution in [0.2, 0.25) is 0 Å². The molecule has 1 heterocycles. The lowest BCUT2D eigenvalue weighted by atomic mass is 10.0. The van der Waals surface area contributed by atoms with E-state index in [4.69, 9.17) is 0 Å². The van der Waals surface area contributed by atoms with Gasteiger partial charge in [0.2, 0.25) is 10.0 Å². The van der Waals surface area contributed by atoms with E-state index in [0.29, 0.717) is 11.3 Å². The third kappa shape index (κ3) is 3.97. The third-order valence-electron chi connectivity index (χ3n) is 3.84. The van der Waals surface area contributed by atoms with Crippen molar-refractivity contribution in [3.05, 3.63) is 29.3 Å². The molecule has 1 aromatic rings. The molecule has 1 unspecified atom stereocenters. The first-order chi connectivity index (χ1) is 9.78. The number of amides is 1. The minimum absolute atomic E-state index is 0.0289. The highest BCUT2D eigenvalue weighted by Gasteiger charge is 2.24. The maximum absolute atomic E-state index is 12.6. The molecule has 1 fully saturated rings. The topological polar surface area (TPSA) is 66.5 Å². The fourth-order valence-corrected chi connectivity index (χ4v) is 3.25. The van der Waals surface area contributed by atoms with E-state index >= 15 is 0 Å². The summed E-state index contributed by atoms with van der Waals surface area (Å²) >= 11 is 0. The lowest BCUT2D eigenvalue weighted by Crippen LogP contribution is -2.42. The van der Waals surface area contributed by atoms with Crippen LogP contribution < -0.4 is 4.72 Å².